The Morgan fingerprint density at radius 1 is 1.17 bits per heavy atom. The Labute approximate surface area is 170 Å². The fourth-order valence-corrected chi connectivity index (χ4v) is 3.83. The van der Waals surface area contributed by atoms with Crippen LogP contribution in [0.2, 0.25) is 0 Å². The second kappa shape index (κ2) is 7.60. The van der Waals surface area contributed by atoms with Crippen LogP contribution in [-0.4, -0.2) is 29.4 Å². The number of amides is 2. The van der Waals surface area contributed by atoms with Crippen LogP contribution in [0.15, 0.2) is 48.7 Å². The molecule has 1 saturated heterocycles. The van der Waals surface area contributed by atoms with Crippen molar-refractivity contribution in [2.45, 2.75) is 32.0 Å². The third kappa shape index (κ3) is 3.70. The number of aryl methyl sites for hydroxylation is 1. The highest BCUT2D eigenvalue weighted by atomic mass is 19.4. The fourth-order valence-electron chi connectivity index (χ4n) is 3.83. The summed E-state index contributed by atoms with van der Waals surface area (Å²) in [5.74, 6) is -1.30. The lowest BCUT2D eigenvalue weighted by Gasteiger charge is -2.20. The van der Waals surface area contributed by atoms with Crippen LogP contribution < -0.4 is 10.2 Å². The molecule has 2 heterocycles. The van der Waals surface area contributed by atoms with E-state index >= 15 is 0 Å². The first-order valence-electron chi connectivity index (χ1n) is 9.59. The van der Waals surface area contributed by atoms with Gasteiger partial charge in [0, 0.05) is 23.6 Å². The van der Waals surface area contributed by atoms with Gasteiger partial charge in [-0.25, -0.2) is 4.90 Å². The van der Waals surface area contributed by atoms with Gasteiger partial charge in [-0.15, -0.1) is 0 Å². The van der Waals surface area contributed by atoms with Crippen LogP contribution in [0.4, 0.5) is 18.9 Å². The minimum absolute atomic E-state index is 0.169. The molecule has 0 radical (unpaired) electrons. The monoisotopic (exact) mass is 415 g/mol. The van der Waals surface area contributed by atoms with Gasteiger partial charge in [-0.3, -0.25) is 9.59 Å². The van der Waals surface area contributed by atoms with Crippen LogP contribution in [0, 0.1) is 6.92 Å². The van der Waals surface area contributed by atoms with Crippen molar-refractivity contribution in [1.29, 1.82) is 0 Å². The van der Waals surface area contributed by atoms with Crippen LogP contribution in [0.25, 0.3) is 10.9 Å². The summed E-state index contributed by atoms with van der Waals surface area (Å²) in [6, 6.07) is 9.87. The van der Waals surface area contributed by atoms with Crippen molar-refractivity contribution in [1.82, 2.24) is 10.3 Å². The second-order valence-electron chi connectivity index (χ2n) is 7.41. The van der Waals surface area contributed by atoms with Crippen LogP contribution in [-0.2, 0) is 22.2 Å². The number of H-pyrrole nitrogens is 1. The molecule has 2 amide bonds. The van der Waals surface area contributed by atoms with Crippen molar-refractivity contribution < 1.29 is 22.8 Å². The van der Waals surface area contributed by atoms with Crippen LogP contribution in [0.1, 0.15) is 23.1 Å². The molecule has 2 aromatic carbocycles. The maximum absolute atomic E-state index is 13.3. The van der Waals surface area contributed by atoms with E-state index in [2.05, 4.69) is 16.4 Å². The van der Waals surface area contributed by atoms with Crippen molar-refractivity contribution in [2.24, 2.45) is 0 Å². The van der Waals surface area contributed by atoms with Crippen LogP contribution in [0.5, 0.6) is 0 Å². The number of fused-ring (bicyclic) bond motifs is 1. The normalized spacial score (nSPS) is 17.3. The summed E-state index contributed by atoms with van der Waals surface area (Å²) in [7, 11) is 0. The SMILES string of the molecule is Cc1ccc2[nH]cc(CCN[C@@H]3CC(=O)N(c4ccccc4C(F)(F)F)C3=O)c2c1. The molecule has 1 atom stereocenters. The Morgan fingerprint density at radius 3 is 2.70 bits per heavy atom. The quantitative estimate of drug-likeness (QED) is 0.620. The van der Waals surface area contributed by atoms with Gasteiger partial charge in [0.2, 0.25) is 5.91 Å². The van der Waals surface area contributed by atoms with Crippen molar-refractivity contribution >= 4 is 28.4 Å². The standard InChI is InChI=1S/C22H20F3N3O2/c1-13-6-7-17-15(10-13)14(12-27-17)8-9-26-18-11-20(29)28(21(18)30)19-5-3-2-4-16(19)22(23,24)25/h2-7,10,12,18,26-27H,8-9,11H2,1H3/t18-/m1/s1. The molecule has 4 rings (SSSR count). The number of para-hydroxylation sites is 1. The minimum Gasteiger partial charge on any atom is -0.361 e. The number of rotatable bonds is 5. The van der Waals surface area contributed by atoms with Crippen LogP contribution in [0.3, 0.4) is 0 Å². The third-order valence-electron chi connectivity index (χ3n) is 5.30. The molecule has 1 aliphatic rings. The molecule has 1 aliphatic heterocycles. The molecular formula is C22H20F3N3O2. The smallest absolute Gasteiger partial charge is 0.361 e. The highest BCUT2D eigenvalue weighted by Crippen LogP contribution is 2.38. The molecule has 0 unspecified atom stereocenters. The van der Waals surface area contributed by atoms with Gasteiger partial charge in [0.1, 0.15) is 0 Å². The average Bonchev–Trinajstić information content (AvgIpc) is 3.21. The molecule has 30 heavy (non-hydrogen) atoms. The summed E-state index contributed by atoms with van der Waals surface area (Å²) in [5.41, 5.74) is 1.79. The average molecular weight is 415 g/mol. The number of benzene rings is 2. The van der Waals surface area contributed by atoms with Gasteiger partial charge in [-0.05, 0) is 43.2 Å². The summed E-state index contributed by atoms with van der Waals surface area (Å²) < 4.78 is 39.9. The molecular weight excluding hydrogens is 395 g/mol. The third-order valence-corrected chi connectivity index (χ3v) is 5.30. The molecule has 1 aromatic heterocycles. The van der Waals surface area contributed by atoms with Crippen LogP contribution >= 0.6 is 0 Å². The van der Waals surface area contributed by atoms with Gasteiger partial charge in [0.15, 0.2) is 0 Å². The van der Waals surface area contributed by atoms with Gasteiger partial charge in [-0.1, -0.05) is 23.8 Å². The number of nitrogens with one attached hydrogen (secondary N) is 2. The molecule has 8 heteroatoms. The van der Waals surface area contributed by atoms with E-state index in [-0.39, 0.29) is 6.42 Å². The Morgan fingerprint density at radius 2 is 1.93 bits per heavy atom. The van der Waals surface area contributed by atoms with Crippen molar-refractivity contribution in [3.63, 3.8) is 0 Å². The van der Waals surface area contributed by atoms with E-state index in [1.54, 1.807) is 0 Å². The molecule has 0 bridgehead atoms. The Balaban J connectivity index is 1.47. The summed E-state index contributed by atoms with van der Waals surface area (Å²) in [4.78, 5) is 28.9. The predicted octanol–water partition coefficient (Wildman–Crippen LogP) is 3.96. The van der Waals surface area contributed by atoms with E-state index in [0.29, 0.717) is 17.9 Å². The van der Waals surface area contributed by atoms with E-state index in [1.165, 1.54) is 12.1 Å². The highest BCUT2D eigenvalue weighted by Gasteiger charge is 2.43. The Hall–Kier alpha value is -3.13. The maximum Gasteiger partial charge on any atom is 0.418 e. The number of carbonyl (C=O) groups is 2. The van der Waals surface area contributed by atoms with E-state index in [0.717, 1.165) is 34.2 Å². The zero-order valence-corrected chi connectivity index (χ0v) is 16.2. The molecule has 156 valence electrons. The number of alkyl halides is 3. The summed E-state index contributed by atoms with van der Waals surface area (Å²) in [5, 5.41) is 4.12. The fraction of sp³-hybridized carbons (Fsp3) is 0.273. The lowest BCUT2D eigenvalue weighted by atomic mass is 10.1. The number of nitrogens with zero attached hydrogens (tertiary/aromatic N) is 1. The zero-order chi connectivity index (χ0) is 21.5. The number of imide groups is 1. The Bertz CT molecular complexity index is 1120. The van der Waals surface area contributed by atoms with Gasteiger partial charge in [0.25, 0.3) is 5.91 Å². The minimum atomic E-state index is -4.66. The summed E-state index contributed by atoms with van der Waals surface area (Å²) in [6.07, 6.45) is -2.31. The number of halogens is 3. The number of aromatic amines is 1. The largest absolute Gasteiger partial charge is 0.418 e. The molecule has 1 fully saturated rings. The molecule has 2 N–H and O–H groups in total. The first-order valence-corrected chi connectivity index (χ1v) is 9.59. The Kier molecular flexibility index (Phi) is 5.11. The van der Waals surface area contributed by atoms with Crippen molar-refractivity contribution in [2.75, 3.05) is 11.4 Å². The van der Waals surface area contributed by atoms with Gasteiger partial charge in [-0.2, -0.15) is 13.2 Å². The highest BCUT2D eigenvalue weighted by molar-refractivity contribution is 6.22. The molecule has 3 aromatic rings. The van der Waals surface area contributed by atoms with Crippen molar-refractivity contribution in [3.05, 3.63) is 65.4 Å². The molecule has 0 aliphatic carbocycles. The number of aromatic nitrogens is 1. The predicted molar refractivity (Wildman–Crippen MR) is 107 cm³/mol. The lowest BCUT2D eigenvalue weighted by molar-refractivity contribution is -0.137. The van der Waals surface area contributed by atoms with Gasteiger partial charge >= 0.3 is 6.18 Å². The second-order valence-corrected chi connectivity index (χ2v) is 7.41. The van der Waals surface area contributed by atoms with E-state index in [1.807, 2.05) is 25.3 Å². The number of hydrogen-bond acceptors (Lipinski definition) is 3. The number of anilines is 1. The van der Waals surface area contributed by atoms with E-state index in [4.69, 9.17) is 0 Å². The van der Waals surface area contributed by atoms with E-state index in [9.17, 15) is 22.8 Å². The number of carbonyl (C=O) groups excluding carboxylic acids is 2. The van der Waals surface area contributed by atoms with E-state index < -0.39 is 35.3 Å². The van der Waals surface area contributed by atoms with Gasteiger partial charge < -0.3 is 10.3 Å². The summed E-state index contributed by atoms with van der Waals surface area (Å²) in [6.45, 7) is 2.42. The number of hydrogen-bond donors (Lipinski definition) is 2. The molecule has 0 spiro atoms. The maximum atomic E-state index is 13.3. The summed E-state index contributed by atoms with van der Waals surface area (Å²) >= 11 is 0. The lowest BCUT2D eigenvalue weighted by Crippen LogP contribution is -2.40. The molecule has 0 saturated carbocycles. The molecule has 5 nitrogen and oxygen atoms in total. The zero-order valence-electron chi connectivity index (χ0n) is 16.2. The topological polar surface area (TPSA) is 65.2 Å². The van der Waals surface area contributed by atoms with Gasteiger partial charge in [0.05, 0.1) is 23.7 Å². The first-order chi connectivity index (χ1) is 14.3. The van der Waals surface area contributed by atoms with Crippen molar-refractivity contribution in [3.8, 4) is 0 Å². The first kappa shape index (κ1) is 20.2.